The second-order valence-corrected chi connectivity index (χ2v) is 9.83. The van der Waals surface area contributed by atoms with E-state index in [9.17, 15) is 27.6 Å². The fourth-order valence-electron chi connectivity index (χ4n) is 3.73. The first-order chi connectivity index (χ1) is 15.1. The van der Waals surface area contributed by atoms with Crippen molar-refractivity contribution in [1.82, 2.24) is 19.8 Å². The molecule has 0 radical (unpaired) electrons. The monoisotopic (exact) mass is 465 g/mol. The van der Waals surface area contributed by atoms with Crippen LogP contribution in [-0.2, 0) is 19.6 Å². The van der Waals surface area contributed by atoms with Crippen molar-refractivity contribution in [2.75, 3.05) is 37.8 Å². The molecule has 174 valence electrons. The molecule has 1 aromatic carbocycles. The number of benzene rings is 1. The van der Waals surface area contributed by atoms with Crippen LogP contribution in [0.4, 0.5) is 10.5 Å². The summed E-state index contributed by atoms with van der Waals surface area (Å²) < 4.78 is 25.5. The van der Waals surface area contributed by atoms with Gasteiger partial charge in [0.05, 0.1) is 6.26 Å². The number of piperazine rings is 1. The van der Waals surface area contributed by atoms with Crippen LogP contribution >= 0.6 is 0 Å². The molecule has 0 aliphatic carbocycles. The number of rotatable bonds is 5. The second kappa shape index (κ2) is 9.65. The fourth-order valence-corrected chi connectivity index (χ4v) is 4.77. The van der Waals surface area contributed by atoms with Gasteiger partial charge in [-0.25, -0.2) is 13.2 Å². The number of Topliss-reactive ketones (excluding diaryl/α,β-unsaturated/α-hetero) is 1. The number of nitrogens with one attached hydrogen (secondary N) is 3. The standard InChI is InChI=1S/C20H27N5O6S/c1-13(26)14-5-7-15(8-6-14)22-20(29)24-10-11-25(32(2,30)31)17(12-24)19(28)23-16-4-3-9-21-18(16)27/h5-8,16-17H,3-4,9-12H2,1-2H3,(H,21,27)(H,22,29)(H,23,28). The van der Waals surface area contributed by atoms with Crippen LogP contribution in [0.3, 0.4) is 0 Å². The summed E-state index contributed by atoms with van der Waals surface area (Å²) in [6.45, 7) is 1.86. The highest BCUT2D eigenvalue weighted by molar-refractivity contribution is 7.88. The van der Waals surface area contributed by atoms with Crippen molar-refractivity contribution in [2.45, 2.75) is 31.8 Å². The molecule has 2 atom stereocenters. The number of hydrogen-bond donors (Lipinski definition) is 3. The highest BCUT2D eigenvalue weighted by Gasteiger charge is 2.40. The largest absolute Gasteiger partial charge is 0.354 e. The van der Waals surface area contributed by atoms with Gasteiger partial charge in [-0.15, -0.1) is 0 Å². The zero-order chi connectivity index (χ0) is 23.5. The summed E-state index contributed by atoms with van der Waals surface area (Å²) in [6, 6.07) is 3.97. The van der Waals surface area contributed by atoms with Crippen molar-refractivity contribution >= 4 is 39.3 Å². The molecule has 3 N–H and O–H groups in total. The van der Waals surface area contributed by atoms with E-state index in [1.165, 1.54) is 11.8 Å². The Kier molecular flexibility index (Phi) is 7.14. The minimum absolute atomic E-state index is 0.0511. The van der Waals surface area contributed by atoms with Gasteiger partial charge in [0.2, 0.25) is 21.8 Å². The number of ketones is 1. The lowest BCUT2D eigenvalue weighted by Crippen LogP contribution is -2.63. The van der Waals surface area contributed by atoms with Gasteiger partial charge >= 0.3 is 6.03 Å². The van der Waals surface area contributed by atoms with Crippen molar-refractivity contribution in [3.05, 3.63) is 29.8 Å². The molecule has 2 heterocycles. The lowest BCUT2D eigenvalue weighted by Gasteiger charge is -2.39. The van der Waals surface area contributed by atoms with E-state index in [2.05, 4.69) is 16.0 Å². The predicted molar refractivity (Wildman–Crippen MR) is 117 cm³/mol. The van der Waals surface area contributed by atoms with Crippen LogP contribution in [0.15, 0.2) is 24.3 Å². The summed E-state index contributed by atoms with van der Waals surface area (Å²) in [6.07, 6.45) is 2.17. The topological polar surface area (TPSA) is 145 Å². The Morgan fingerprint density at radius 1 is 1.12 bits per heavy atom. The first-order valence-corrected chi connectivity index (χ1v) is 12.1. The van der Waals surface area contributed by atoms with Crippen molar-refractivity contribution in [2.24, 2.45) is 0 Å². The molecule has 2 aliphatic heterocycles. The molecule has 32 heavy (non-hydrogen) atoms. The molecule has 0 bridgehead atoms. The molecule has 0 spiro atoms. The quantitative estimate of drug-likeness (QED) is 0.512. The summed E-state index contributed by atoms with van der Waals surface area (Å²) in [5.74, 6) is -1.03. The maximum absolute atomic E-state index is 12.9. The van der Waals surface area contributed by atoms with Crippen LogP contribution in [0.1, 0.15) is 30.1 Å². The number of nitrogens with zero attached hydrogens (tertiary/aromatic N) is 2. The van der Waals surface area contributed by atoms with Gasteiger partial charge in [0.15, 0.2) is 5.78 Å². The number of sulfonamides is 1. The van der Waals surface area contributed by atoms with Gasteiger partial charge in [-0.2, -0.15) is 4.31 Å². The number of amides is 4. The minimum atomic E-state index is -3.71. The molecule has 12 heteroatoms. The molecule has 0 saturated carbocycles. The Morgan fingerprint density at radius 3 is 2.41 bits per heavy atom. The summed E-state index contributed by atoms with van der Waals surface area (Å²) in [7, 11) is -3.71. The Bertz CT molecular complexity index is 1010. The van der Waals surface area contributed by atoms with E-state index in [-0.39, 0.29) is 31.3 Å². The second-order valence-electron chi connectivity index (χ2n) is 7.89. The van der Waals surface area contributed by atoms with Gasteiger partial charge in [-0.1, -0.05) is 0 Å². The van der Waals surface area contributed by atoms with Gasteiger partial charge in [0.1, 0.15) is 12.1 Å². The summed E-state index contributed by atoms with van der Waals surface area (Å²) in [4.78, 5) is 50.4. The fraction of sp³-hybridized carbons (Fsp3) is 0.500. The minimum Gasteiger partial charge on any atom is -0.354 e. The smallest absolute Gasteiger partial charge is 0.321 e. The maximum atomic E-state index is 12.9. The highest BCUT2D eigenvalue weighted by Crippen LogP contribution is 2.17. The van der Waals surface area contributed by atoms with Crippen LogP contribution in [-0.4, -0.2) is 85.8 Å². The molecular formula is C20H27N5O6S. The van der Waals surface area contributed by atoms with Crippen LogP contribution in [0, 0.1) is 0 Å². The van der Waals surface area contributed by atoms with E-state index >= 15 is 0 Å². The Balaban J connectivity index is 1.71. The van der Waals surface area contributed by atoms with Crippen LogP contribution in [0.5, 0.6) is 0 Å². The van der Waals surface area contributed by atoms with E-state index in [1.807, 2.05) is 0 Å². The molecule has 1 aromatic rings. The molecule has 2 aliphatic rings. The zero-order valence-corrected chi connectivity index (χ0v) is 18.8. The number of carbonyl (C=O) groups is 4. The van der Waals surface area contributed by atoms with Gasteiger partial charge < -0.3 is 20.9 Å². The Labute approximate surface area is 186 Å². The number of carbonyl (C=O) groups excluding carboxylic acids is 4. The molecular weight excluding hydrogens is 438 g/mol. The van der Waals surface area contributed by atoms with Crippen molar-refractivity contribution in [3.8, 4) is 0 Å². The Morgan fingerprint density at radius 2 is 1.81 bits per heavy atom. The van der Waals surface area contributed by atoms with E-state index in [0.29, 0.717) is 30.6 Å². The van der Waals surface area contributed by atoms with E-state index in [1.54, 1.807) is 24.3 Å². The van der Waals surface area contributed by atoms with Gasteiger partial charge in [0, 0.05) is 37.4 Å². The molecule has 3 rings (SSSR count). The van der Waals surface area contributed by atoms with E-state index < -0.39 is 34.0 Å². The maximum Gasteiger partial charge on any atom is 0.321 e. The predicted octanol–water partition coefficient (Wildman–Crippen LogP) is -0.238. The first-order valence-electron chi connectivity index (χ1n) is 10.3. The Hall–Kier alpha value is -2.99. The van der Waals surface area contributed by atoms with Crippen molar-refractivity contribution in [1.29, 1.82) is 0 Å². The van der Waals surface area contributed by atoms with E-state index in [4.69, 9.17) is 0 Å². The normalized spacial score (nSPS) is 22.1. The molecule has 4 amide bonds. The number of piperidine rings is 1. The highest BCUT2D eigenvalue weighted by atomic mass is 32.2. The molecule has 11 nitrogen and oxygen atoms in total. The summed E-state index contributed by atoms with van der Waals surface area (Å²) in [5.41, 5.74) is 0.971. The molecule has 2 fully saturated rings. The summed E-state index contributed by atoms with van der Waals surface area (Å²) in [5, 5.41) is 7.98. The third kappa shape index (κ3) is 5.62. The SMILES string of the molecule is CC(=O)c1ccc(NC(=O)N2CCN(S(C)(=O)=O)C(C(=O)NC3CCCNC3=O)C2)cc1. The number of urea groups is 1. The van der Waals surface area contributed by atoms with E-state index in [0.717, 1.165) is 10.6 Å². The average molecular weight is 466 g/mol. The number of hydrogen-bond acceptors (Lipinski definition) is 6. The zero-order valence-electron chi connectivity index (χ0n) is 18.0. The van der Waals surface area contributed by atoms with Crippen LogP contribution < -0.4 is 16.0 Å². The third-order valence-electron chi connectivity index (χ3n) is 5.49. The first kappa shape index (κ1) is 23.7. The van der Waals surface area contributed by atoms with Crippen molar-refractivity contribution in [3.63, 3.8) is 0 Å². The van der Waals surface area contributed by atoms with Gasteiger partial charge in [-0.3, -0.25) is 14.4 Å². The van der Waals surface area contributed by atoms with Crippen LogP contribution in [0.25, 0.3) is 0 Å². The molecule has 2 unspecified atom stereocenters. The average Bonchev–Trinajstić information content (AvgIpc) is 2.74. The van der Waals surface area contributed by atoms with Crippen molar-refractivity contribution < 1.29 is 27.6 Å². The lowest BCUT2D eigenvalue weighted by atomic mass is 10.1. The van der Waals surface area contributed by atoms with Gasteiger partial charge in [0.25, 0.3) is 0 Å². The molecule has 0 aromatic heterocycles. The molecule has 2 saturated heterocycles. The third-order valence-corrected chi connectivity index (χ3v) is 6.78. The lowest BCUT2D eigenvalue weighted by molar-refractivity contribution is -0.132. The van der Waals surface area contributed by atoms with Gasteiger partial charge in [-0.05, 0) is 44.0 Å². The summed E-state index contributed by atoms with van der Waals surface area (Å²) >= 11 is 0. The number of anilines is 1. The van der Waals surface area contributed by atoms with Crippen LogP contribution in [0.2, 0.25) is 0 Å².